The number of furan rings is 1. The number of carbonyl (C=O) groups is 1. The minimum atomic E-state index is -3.86. The smallest absolute Gasteiger partial charge is 0.261 e. The molecule has 0 aromatic carbocycles. The van der Waals surface area contributed by atoms with Crippen LogP contribution in [-0.2, 0) is 10.0 Å². The van der Waals surface area contributed by atoms with E-state index < -0.39 is 15.9 Å². The lowest BCUT2D eigenvalue weighted by Crippen LogP contribution is -2.31. The summed E-state index contributed by atoms with van der Waals surface area (Å²) in [7, 11) is -3.86. The molecule has 1 unspecified atom stereocenters. The van der Waals surface area contributed by atoms with Gasteiger partial charge in [-0.1, -0.05) is 6.92 Å². The second-order valence-corrected chi connectivity index (χ2v) is 8.06. The SMILES string of the molecule is CCC1CN2C=Nc3oc(C)c(C(=O)Nc4ccc(S(N)(=O)=O)cn4)c3C2=N1. The molecule has 28 heavy (non-hydrogen) atoms. The van der Waals surface area contributed by atoms with E-state index in [9.17, 15) is 13.2 Å². The zero-order valence-electron chi connectivity index (χ0n) is 15.2. The van der Waals surface area contributed by atoms with Crippen LogP contribution in [0.15, 0.2) is 37.6 Å². The third-order valence-electron chi connectivity index (χ3n) is 4.59. The van der Waals surface area contributed by atoms with Gasteiger partial charge in [0.05, 0.1) is 17.2 Å². The molecule has 3 N–H and O–H groups in total. The number of rotatable bonds is 4. The minimum absolute atomic E-state index is 0.131. The van der Waals surface area contributed by atoms with Crippen LogP contribution in [0.5, 0.6) is 0 Å². The predicted molar refractivity (Wildman–Crippen MR) is 102 cm³/mol. The number of carbonyl (C=O) groups excluding carboxylic acids is 1. The van der Waals surface area contributed by atoms with E-state index >= 15 is 0 Å². The number of nitrogens with one attached hydrogen (secondary N) is 1. The number of hydrogen-bond donors (Lipinski definition) is 2. The van der Waals surface area contributed by atoms with E-state index in [1.807, 2.05) is 4.90 Å². The number of hydrogen-bond acceptors (Lipinski definition) is 8. The van der Waals surface area contributed by atoms with Gasteiger partial charge in [-0.3, -0.25) is 9.79 Å². The van der Waals surface area contributed by atoms with Crippen molar-refractivity contribution in [1.82, 2.24) is 9.88 Å². The molecule has 11 heteroatoms. The average molecular weight is 402 g/mol. The van der Waals surface area contributed by atoms with Crippen molar-refractivity contribution in [3.63, 3.8) is 0 Å². The topological polar surface area (TPSA) is 143 Å². The van der Waals surface area contributed by atoms with Crippen molar-refractivity contribution >= 4 is 39.8 Å². The third kappa shape index (κ3) is 3.08. The van der Waals surface area contributed by atoms with E-state index in [1.54, 1.807) is 13.3 Å². The molecule has 0 saturated carbocycles. The summed E-state index contributed by atoms with van der Waals surface area (Å²) in [6.45, 7) is 4.43. The molecule has 10 nitrogen and oxygen atoms in total. The van der Waals surface area contributed by atoms with Crippen LogP contribution < -0.4 is 10.5 Å². The summed E-state index contributed by atoms with van der Waals surface area (Å²) in [5.41, 5.74) is 0.874. The summed E-state index contributed by atoms with van der Waals surface area (Å²) in [5, 5.41) is 7.70. The highest BCUT2D eigenvalue weighted by Crippen LogP contribution is 2.35. The van der Waals surface area contributed by atoms with Gasteiger partial charge in [-0.15, -0.1) is 0 Å². The molecule has 2 aromatic heterocycles. The van der Waals surface area contributed by atoms with Crippen LogP contribution in [0.2, 0.25) is 0 Å². The van der Waals surface area contributed by atoms with E-state index in [4.69, 9.17) is 9.56 Å². The van der Waals surface area contributed by atoms with Crippen molar-refractivity contribution in [2.24, 2.45) is 15.1 Å². The molecule has 146 valence electrons. The Balaban J connectivity index is 1.67. The Kier molecular flexibility index (Phi) is 4.27. The van der Waals surface area contributed by atoms with Crippen molar-refractivity contribution in [2.45, 2.75) is 31.2 Å². The molecule has 0 aliphatic carbocycles. The van der Waals surface area contributed by atoms with E-state index in [-0.39, 0.29) is 16.8 Å². The fraction of sp³-hybridized carbons (Fsp3) is 0.294. The Morgan fingerprint density at radius 1 is 1.43 bits per heavy atom. The van der Waals surface area contributed by atoms with Crippen LogP contribution in [0.3, 0.4) is 0 Å². The van der Waals surface area contributed by atoms with Crippen molar-refractivity contribution in [2.75, 3.05) is 11.9 Å². The number of amidine groups is 1. The van der Waals surface area contributed by atoms with Gasteiger partial charge < -0.3 is 14.6 Å². The van der Waals surface area contributed by atoms with Crippen LogP contribution in [0, 0.1) is 6.92 Å². The lowest BCUT2D eigenvalue weighted by atomic mass is 10.1. The second-order valence-electron chi connectivity index (χ2n) is 6.50. The number of nitrogens with zero attached hydrogens (tertiary/aromatic N) is 4. The molecular formula is C17H18N6O4S. The first-order chi connectivity index (χ1) is 13.3. The molecule has 2 aromatic rings. The van der Waals surface area contributed by atoms with Gasteiger partial charge in [0, 0.05) is 12.7 Å². The first kappa shape index (κ1) is 18.3. The van der Waals surface area contributed by atoms with Crippen LogP contribution in [-0.4, -0.2) is 49.0 Å². The molecule has 1 amide bonds. The van der Waals surface area contributed by atoms with Crippen molar-refractivity contribution in [3.8, 4) is 0 Å². The summed E-state index contributed by atoms with van der Waals surface area (Å²) >= 11 is 0. The Labute approximate surface area is 161 Å². The Bertz CT molecular complexity index is 1120. The van der Waals surface area contributed by atoms with Gasteiger partial charge in [0.2, 0.25) is 15.9 Å². The maximum atomic E-state index is 12.9. The molecule has 2 aliphatic rings. The highest BCUT2D eigenvalue weighted by molar-refractivity contribution is 7.89. The first-order valence-corrected chi connectivity index (χ1v) is 10.1. The zero-order chi connectivity index (χ0) is 20.1. The summed E-state index contributed by atoms with van der Waals surface area (Å²) in [6.07, 6.45) is 3.62. The molecule has 2 aliphatic heterocycles. The number of aryl methyl sites for hydroxylation is 1. The highest BCUT2D eigenvalue weighted by atomic mass is 32.2. The van der Waals surface area contributed by atoms with E-state index in [1.165, 1.54) is 12.1 Å². The number of anilines is 1. The monoisotopic (exact) mass is 402 g/mol. The van der Waals surface area contributed by atoms with Gasteiger partial charge in [-0.25, -0.2) is 23.5 Å². The van der Waals surface area contributed by atoms with Crippen molar-refractivity contribution in [1.29, 1.82) is 0 Å². The lowest BCUT2D eigenvalue weighted by molar-refractivity contribution is 0.102. The number of sulfonamides is 1. The molecule has 4 rings (SSSR count). The number of fused-ring (bicyclic) bond motifs is 3. The van der Waals surface area contributed by atoms with Gasteiger partial charge in [0.25, 0.3) is 5.91 Å². The average Bonchev–Trinajstić information content (AvgIpc) is 3.20. The van der Waals surface area contributed by atoms with Gasteiger partial charge in [0.1, 0.15) is 28.6 Å². The normalized spacial score (nSPS) is 17.9. The van der Waals surface area contributed by atoms with Gasteiger partial charge in [0.15, 0.2) is 0 Å². The standard InChI is InChI=1S/C17H18N6O4S/c1-3-10-7-23-8-20-17-14(15(23)21-10)13(9(2)27-17)16(24)22-12-5-4-11(6-19-12)28(18,25)26/h4-6,8,10H,3,7H2,1-2H3,(H2,18,25,26)(H,19,22,24). The quantitative estimate of drug-likeness (QED) is 0.791. The maximum absolute atomic E-state index is 12.9. The second kappa shape index (κ2) is 6.53. The van der Waals surface area contributed by atoms with E-state index in [2.05, 4.69) is 27.2 Å². The number of aromatic nitrogens is 1. The zero-order valence-corrected chi connectivity index (χ0v) is 16.0. The molecule has 0 radical (unpaired) electrons. The summed E-state index contributed by atoms with van der Waals surface area (Å²) < 4.78 is 28.3. The van der Waals surface area contributed by atoms with Crippen LogP contribution in [0.4, 0.5) is 11.7 Å². The summed E-state index contributed by atoms with van der Waals surface area (Å²) in [4.78, 5) is 27.6. The van der Waals surface area contributed by atoms with Gasteiger partial charge in [-0.2, -0.15) is 0 Å². The number of aliphatic imine (C=N–C) groups is 2. The highest BCUT2D eigenvalue weighted by Gasteiger charge is 2.36. The molecule has 0 spiro atoms. The van der Waals surface area contributed by atoms with Crippen molar-refractivity contribution < 1.29 is 17.6 Å². The first-order valence-electron chi connectivity index (χ1n) is 8.60. The molecule has 0 fully saturated rings. The van der Waals surface area contributed by atoms with E-state index in [0.717, 1.165) is 12.6 Å². The summed E-state index contributed by atoms with van der Waals surface area (Å²) in [5.74, 6) is 1.15. The number of primary sulfonamides is 1. The van der Waals surface area contributed by atoms with E-state index in [0.29, 0.717) is 35.2 Å². The fourth-order valence-electron chi connectivity index (χ4n) is 3.16. The van der Waals surface area contributed by atoms with Crippen LogP contribution in [0.25, 0.3) is 0 Å². The molecule has 0 bridgehead atoms. The Hall–Kier alpha value is -3.05. The lowest BCUT2D eigenvalue weighted by Gasteiger charge is -2.18. The Morgan fingerprint density at radius 2 is 2.21 bits per heavy atom. The Morgan fingerprint density at radius 3 is 2.86 bits per heavy atom. The molecule has 1 atom stereocenters. The maximum Gasteiger partial charge on any atom is 0.261 e. The largest absolute Gasteiger partial charge is 0.442 e. The molecular weight excluding hydrogens is 384 g/mol. The third-order valence-corrected chi connectivity index (χ3v) is 5.49. The minimum Gasteiger partial charge on any atom is -0.442 e. The summed E-state index contributed by atoms with van der Waals surface area (Å²) in [6, 6.07) is 2.77. The van der Waals surface area contributed by atoms with Crippen molar-refractivity contribution in [3.05, 3.63) is 35.2 Å². The predicted octanol–water partition coefficient (Wildman–Crippen LogP) is 1.40. The molecule has 4 heterocycles. The van der Waals surface area contributed by atoms with Gasteiger partial charge in [-0.05, 0) is 25.5 Å². The number of pyridine rings is 1. The number of nitrogens with two attached hydrogens (primary N) is 1. The van der Waals surface area contributed by atoms with Gasteiger partial charge >= 0.3 is 0 Å². The number of amides is 1. The van der Waals surface area contributed by atoms with Crippen LogP contribution in [0.1, 0.15) is 35.0 Å². The molecule has 0 saturated heterocycles. The van der Waals surface area contributed by atoms with Crippen LogP contribution >= 0.6 is 0 Å². The fourth-order valence-corrected chi connectivity index (χ4v) is 3.61.